The number of carbonyl (C=O) groups is 1. The number of rotatable bonds is 3. The maximum absolute atomic E-state index is 12.3. The molecule has 0 saturated carbocycles. The molecule has 4 heteroatoms. The van der Waals surface area contributed by atoms with Gasteiger partial charge in [0, 0.05) is 11.1 Å². The molecule has 1 aliphatic rings. The molecule has 1 unspecified atom stereocenters. The molecular weight excluding hydrogens is 230 g/mol. The molecule has 1 aliphatic heterocycles. The molecule has 1 heterocycles. The minimum Gasteiger partial charge on any atom is -0.465 e. The zero-order valence-electron chi connectivity index (χ0n) is 12.5. The third-order valence-corrected chi connectivity index (χ3v) is 3.67. The van der Waals surface area contributed by atoms with E-state index in [4.69, 9.17) is 4.74 Å². The first-order valence-electron chi connectivity index (χ1n) is 6.69. The van der Waals surface area contributed by atoms with Crippen LogP contribution in [0.4, 0.5) is 0 Å². The fraction of sp³-hybridized carbons (Fsp3) is 0.929. The standard InChI is InChI=1S/C14H27NO3/c1-7-18-11(17)14(10(2)16)8-12(3,4)15-13(5,6)9-14/h10,15-16H,7-9H2,1-6H3. The highest BCUT2D eigenvalue weighted by Crippen LogP contribution is 2.45. The van der Waals surface area contributed by atoms with Crippen molar-refractivity contribution in [3.05, 3.63) is 0 Å². The molecule has 2 N–H and O–H groups in total. The highest BCUT2D eigenvalue weighted by Gasteiger charge is 2.54. The second-order valence-electron chi connectivity index (χ2n) is 6.80. The molecule has 18 heavy (non-hydrogen) atoms. The summed E-state index contributed by atoms with van der Waals surface area (Å²) < 4.78 is 5.21. The molecule has 0 bridgehead atoms. The predicted octanol–water partition coefficient (Wildman–Crippen LogP) is 1.86. The van der Waals surface area contributed by atoms with E-state index in [-0.39, 0.29) is 17.0 Å². The Morgan fingerprint density at radius 1 is 1.28 bits per heavy atom. The normalized spacial score (nSPS) is 26.4. The zero-order chi connectivity index (χ0) is 14.2. The van der Waals surface area contributed by atoms with Crippen molar-refractivity contribution in [2.75, 3.05) is 6.61 Å². The second-order valence-corrected chi connectivity index (χ2v) is 6.80. The molecule has 0 aliphatic carbocycles. The van der Waals surface area contributed by atoms with Crippen molar-refractivity contribution in [1.82, 2.24) is 5.32 Å². The van der Waals surface area contributed by atoms with Crippen LogP contribution in [0.3, 0.4) is 0 Å². The van der Waals surface area contributed by atoms with Gasteiger partial charge >= 0.3 is 5.97 Å². The number of aliphatic hydroxyl groups excluding tert-OH is 1. The van der Waals surface area contributed by atoms with Gasteiger partial charge in [0.05, 0.1) is 18.1 Å². The van der Waals surface area contributed by atoms with Crippen LogP contribution in [0.5, 0.6) is 0 Å². The molecule has 1 fully saturated rings. The molecule has 0 radical (unpaired) electrons. The summed E-state index contributed by atoms with van der Waals surface area (Å²) in [6.45, 7) is 12.1. The van der Waals surface area contributed by atoms with Gasteiger partial charge in [0.2, 0.25) is 0 Å². The Balaban J connectivity index is 3.14. The Kier molecular flexibility index (Phi) is 4.13. The van der Waals surface area contributed by atoms with Crippen LogP contribution in [-0.2, 0) is 9.53 Å². The van der Waals surface area contributed by atoms with E-state index in [9.17, 15) is 9.90 Å². The van der Waals surface area contributed by atoms with Gasteiger partial charge in [0.15, 0.2) is 0 Å². The van der Waals surface area contributed by atoms with Gasteiger partial charge in [-0.25, -0.2) is 0 Å². The Morgan fingerprint density at radius 2 is 1.72 bits per heavy atom. The number of carbonyl (C=O) groups excluding carboxylic acids is 1. The van der Waals surface area contributed by atoms with E-state index < -0.39 is 11.5 Å². The van der Waals surface area contributed by atoms with E-state index in [2.05, 4.69) is 33.0 Å². The topological polar surface area (TPSA) is 58.6 Å². The Bertz CT molecular complexity index is 305. The third kappa shape index (κ3) is 3.04. The van der Waals surface area contributed by atoms with Crippen LogP contribution in [-0.4, -0.2) is 34.9 Å². The Hall–Kier alpha value is -0.610. The van der Waals surface area contributed by atoms with Crippen LogP contribution < -0.4 is 5.32 Å². The lowest BCUT2D eigenvalue weighted by atomic mass is 9.63. The number of hydrogen-bond donors (Lipinski definition) is 2. The van der Waals surface area contributed by atoms with Crippen molar-refractivity contribution in [1.29, 1.82) is 0 Å². The highest BCUT2D eigenvalue weighted by atomic mass is 16.5. The van der Waals surface area contributed by atoms with Crippen molar-refractivity contribution in [3.63, 3.8) is 0 Å². The van der Waals surface area contributed by atoms with Crippen LogP contribution in [0.1, 0.15) is 54.4 Å². The minimum absolute atomic E-state index is 0.203. The summed E-state index contributed by atoms with van der Waals surface area (Å²) in [5.74, 6) is -0.275. The molecule has 1 atom stereocenters. The van der Waals surface area contributed by atoms with E-state index in [0.29, 0.717) is 19.4 Å². The third-order valence-electron chi connectivity index (χ3n) is 3.67. The number of esters is 1. The van der Waals surface area contributed by atoms with E-state index in [1.807, 2.05) is 0 Å². The van der Waals surface area contributed by atoms with Crippen LogP contribution in [0.25, 0.3) is 0 Å². The van der Waals surface area contributed by atoms with Gasteiger partial charge in [-0.2, -0.15) is 0 Å². The molecule has 106 valence electrons. The molecule has 0 aromatic rings. The van der Waals surface area contributed by atoms with Crippen LogP contribution in [0.15, 0.2) is 0 Å². The molecule has 0 spiro atoms. The lowest BCUT2D eigenvalue weighted by Gasteiger charge is -2.52. The predicted molar refractivity (Wildman–Crippen MR) is 71.3 cm³/mol. The average molecular weight is 257 g/mol. The molecule has 0 amide bonds. The summed E-state index contributed by atoms with van der Waals surface area (Å²) in [6.07, 6.45) is 0.456. The zero-order valence-corrected chi connectivity index (χ0v) is 12.5. The number of piperidine rings is 1. The van der Waals surface area contributed by atoms with Crippen molar-refractivity contribution in [2.45, 2.75) is 71.6 Å². The van der Waals surface area contributed by atoms with Crippen molar-refractivity contribution in [3.8, 4) is 0 Å². The van der Waals surface area contributed by atoms with Crippen molar-refractivity contribution < 1.29 is 14.6 Å². The van der Waals surface area contributed by atoms with Gasteiger partial charge in [0.25, 0.3) is 0 Å². The van der Waals surface area contributed by atoms with E-state index in [1.165, 1.54) is 0 Å². The van der Waals surface area contributed by atoms with Gasteiger partial charge in [-0.3, -0.25) is 4.79 Å². The smallest absolute Gasteiger partial charge is 0.314 e. The maximum atomic E-state index is 12.3. The average Bonchev–Trinajstić information content (AvgIpc) is 2.12. The molecule has 0 aromatic heterocycles. The van der Waals surface area contributed by atoms with Crippen molar-refractivity contribution in [2.24, 2.45) is 5.41 Å². The van der Waals surface area contributed by atoms with Crippen LogP contribution >= 0.6 is 0 Å². The first-order valence-corrected chi connectivity index (χ1v) is 6.69. The maximum Gasteiger partial charge on any atom is 0.314 e. The van der Waals surface area contributed by atoms with Gasteiger partial charge in [0.1, 0.15) is 0 Å². The number of ether oxygens (including phenoxy) is 1. The lowest BCUT2D eigenvalue weighted by molar-refractivity contribution is -0.171. The summed E-state index contributed by atoms with van der Waals surface area (Å²) in [4.78, 5) is 12.3. The molecule has 4 nitrogen and oxygen atoms in total. The first-order chi connectivity index (χ1) is 8.05. The molecular formula is C14H27NO3. The van der Waals surface area contributed by atoms with Gasteiger partial charge in [-0.05, 0) is 54.4 Å². The highest BCUT2D eigenvalue weighted by molar-refractivity contribution is 5.78. The monoisotopic (exact) mass is 257 g/mol. The number of hydrogen-bond acceptors (Lipinski definition) is 4. The largest absolute Gasteiger partial charge is 0.465 e. The van der Waals surface area contributed by atoms with E-state index >= 15 is 0 Å². The first kappa shape index (κ1) is 15.4. The summed E-state index contributed by atoms with van der Waals surface area (Å²) in [6, 6.07) is 0. The van der Waals surface area contributed by atoms with Gasteiger partial charge in [-0.1, -0.05) is 0 Å². The lowest BCUT2D eigenvalue weighted by Crippen LogP contribution is -2.65. The van der Waals surface area contributed by atoms with Gasteiger partial charge in [-0.15, -0.1) is 0 Å². The minimum atomic E-state index is -0.811. The molecule has 1 saturated heterocycles. The van der Waals surface area contributed by atoms with Crippen LogP contribution in [0, 0.1) is 5.41 Å². The molecule has 1 rings (SSSR count). The Morgan fingerprint density at radius 3 is 2.06 bits per heavy atom. The summed E-state index contributed by atoms with van der Waals surface area (Å²) in [5.41, 5.74) is -1.22. The van der Waals surface area contributed by atoms with Crippen LogP contribution in [0.2, 0.25) is 0 Å². The number of nitrogens with one attached hydrogen (secondary N) is 1. The Labute approximate surface area is 110 Å². The molecule has 0 aromatic carbocycles. The summed E-state index contributed by atoms with van der Waals surface area (Å²) in [7, 11) is 0. The fourth-order valence-corrected chi connectivity index (χ4v) is 3.53. The quantitative estimate of drug-likeness (QED) is 0.758. The summed E-state index contributed by atoms with van der Waals surface area (Å²) in [5, 5.41) is 13.7. The van der Waals surface area contributed by atoms with Crippen molar-refractivity contribution >= 4 is 5.97 Å². The second kappa shape index (κ2) is 4.82. The SMILES string of the molecule is CCOC(=O)C1(C(C)O)CC(C)(C)NC(C)(C)C1. The fourth-order valence-electron chi connectivity index (χ4n) is 3.53. The number of aliphatic hydroxyl groups is 1. The van der Waals surface area contributed by atoms with Gasteiger partial charge < -0.3 is 15.2 Å². The van der Waals surface area contributed by atoms with E-state index in [1.54, 1.807) is 13.8 Å². The van der Waals surface area contributed by atoms with E-state index in [0.717, 1.165) is 0 Å². The summed E-state index contributed by atoms with van der Waals surface area (Å²) >= 11 is 0.